The second-order valence-electron chi connectivity index (χ2n) is 7.99. The average Bonchev–Trinajstić information content (AvgIpc) is 3.37. The Morgan fingerprint density at radius 2 is 1.20 bits per heavy atom. The Balaban J connectivity index is 1.45. The van der Waals surface area contributed by atoms with Crippen LogP contribution in [0.2, 0.25) is 0 Å². The van der Waals surface area contributed by atoms with E-state index < -0.39 is 6.09 Å². The first-order valence-electron chi connectivity index (χ1n) is 10.6. The van der Waals surface area contributed by atoms with E-state index >= 15 is 0 Å². The summed E-state index contributed by atoms with van der Waals surface area (Å²) >= 11 is 0. The third-order valence-electron chi connectivity index (χ3n) is 5.37. The number of anilines is 4. The molecule has 3 amide bonds. The smallest absolute Gasteiger partial charge is 0.409 e. The molecule has 0 radical (unpaired) electrons. The Morgan fingerprint density at radius 3 is 1.77 bits per heavy atom. The maximum absolute atomic E-state index is 12.7. The Hall–Kier alpha value is -4.99. The van der Waals surface area contributed by atoms with Gasteiger partial charge in [0, 0.05) is 49.1 Å². The number of benzene rings is 2. The van der Waals surface area contributed by atoms with Crippen LogP contribution < -0.4 is 21.7 Å². The van der Waals surface area contributed by atoms with Crippen molar-refractivity contribution < 1.29 is 19.5 Å². The molecule has 0 saturated heterocycles. The summed E-state index contributed by atoms with van der Waals surface area (Å²) in [4.78, 5) is 36.1. The Labute approximate surface area is 201 Å². The van der Waals surface area contributed by atoms with Crippen molar-refractivity contribution >= 4 is 40.7 Å². The van der Waals surface area contributed by atoms with Gasteiger partial charge in [0.05, 0.1) is 5.69 Å². The van der Waals surface area contributed by atoms with Crippen molar-refractivity contribution in [1.82, 2.24) is 9.13 Å². The molecular formula is C25H24N6O4. The van der Waals surface area contributed by atoms with Gasteiger partial charge in [0.1, 0.15) is 11.4 Å². The Bertz CT molecular complexity index is 1400. The van der Waals surface area contributed by atoms with Gasteiger partial charge in [-0.05, 0) is 54.1 Å². The third-order valence-corrected chi connectivity index (χ3v) is 5.37. The molecule has 0 aliphatic rings. The summed E-state index contributed by atoms with van der Waals surface area (Å²) in [7, 11) is 3.45. The van der Waals surface area contributed by atoms with E-state index in [2.05, 4.69) is 16.0 Å². The largest absolute Gasteiger partial charge is 0.465 e. The third kappa shape index (κ3) is 5.33. The second kappa shape index (κ2) is 9.48. The molecule has 2 aromatic carbocycles. The summed E-state index contributed by atoms with van der Waals surface area (Å²) < 4.78 is 3.28. The maximum Gasteiger partial charge on any atom is 0.409 e. The van der Waals surface area contributed by atoms with Crippen molar-refractivity contribution in [3.8, 4) is 11.1 Å². The lowest BCUT2D eigenvalue weighted by Crippen LogP contribution is -2.15. The molecule has 178 valence electrons. The molecule has 0 aliphatic heterocycles. The normalized spacial score (nSPS) is 10.6. The highest BCUT2D eigenvalue weighted by Crippen LogP contribution is 2.25. The van der Waals surface area contributed by atoms with Crippen LogP contribution in [0.25, 0.3) is 11.1 Å². The number of carboxylic acid groups (broad SMARTS) is 1. The summed E-state index contributed by atoms with van der Waals surface area (Å²) in [6.45, 7) is 0. The van der Waals surface area contributed by atoms with Crippen LogP contribution in [0.3, 0.4) is 0 Å². The Morgan fingerprint density at radius 1 is 0.686 bits per heavy atom. The topological polar surface area (TPSA) is 143 Å². The van der Waals surface area contributed by atoms with Crippen molar-refractivity contribution in [2.75, 3.05) is 21.7 Å². The number of hydrogen-bond donors (Lipinski definition) is 5. The minimum absolute atomic E-state index is 0.244. The number of nitrogens with zero attached hydrogens (tertiary/aromatic N) is 2. The van der Waals surface area contributed by atoms with E-state index in [1.807, 2.05) is 18.3 Å². The second-order valence-corrected chi connectivity index (χ2v) is 7.99. The predicted octanol–water partition coefficient (Wildman–Crippen LogP) is 4.21. The van der Waals surface area contributed by atoms with Crippen LogP contribution >= 0.6 is 0 Å². The zero-order chi connectivity index (χ0) is 25.1. The molecule has 0 unspecified atom stereocenters. The molecule has 0 bridgehead atoms. The summed E-state index contributed by atoms with van der Waals surface area (Å²) in [5.74, 6) is -0.619. The molecule has 10 heteroatoms. The molecule has 6 N–H and O–H groups in total. The van der Waals surface area contributed by atoms with Crippen molar-refractivity contribution in [1.29, 1.82) is 0 Å². The first-order valence-corrected chi connectivity index (χ1v) is 10.6. The number of amides is 3. The lowest BCUT2D eigenvalue weighted by atomic mass is 10.1. The number of nitrogens with two attached hydrogens (primary N) is 1. The van der Waals surface area contributed by atoms with Gasteiger partial charge in [-0.25, -0.2) is 4.79 Å². The molecule has 10 nitrogen and oxygen atoms in total. The molecule has 0 spiro atoms. The van der Waals surface area contributed by atoms with E-state index in [0.717, 1.165) is 11.1 Å². The molecule has 35 heavy (non-hydrogen) atoms. The molecule has 0 atom stereocenters. The number of aromatic nitrogens is 2. The highest BCUT2D eigenvalue weighted by molar-refractivity contribution is 6.05. The molecule has 0 aliphatic carbocycles. The molecule has 4 aromatic rings. The van der Waals surface area contributed by atoms with Crippen LogP contribution in [0.15, 0.2) is 73.1 Å². The van der Waals surface area contributed by atoms with Crippen LogP contribution in [0.4, 0.5) is 27.5 Å². The van der Waals surface area contributed by atoms with E-state index in [9.17, 15) is 14.4 Å². The minimum Gasteiger partial charge on any atom is -0.465 e. The number of carbonyl (C=O) groups excluding carboxylic acids is 2. The number of hydrogen-bond acceptors (Lipinski definition) is 4. The van der Waals surface area contributed by atoms with Gasteiger partial charge in [0.15, 0.2) is 0 Å². The molecule has 2 aromatic heterocycles. The number of carbonyl (C=O) groups is 3. The van der Waals surface area contributed by atoms with Crippen molar-refractivity contribution in [2.24, 2.45) is 14.1 Å². The lowest BCUT2D eigenvalue weighted by molar-refractivity contribution is 0.101. The van der Waals surface area contributed by atoms with E-state index in [0.29, 0.717) is 34.1 Å². The molecule has 0 fully saturated rings. The number of nitrogens with one attached hydrogen (secondary N) is 3. The Kier molecular flexibility index (Phi) is 6.27. The fourth-order valence-corrected chi connectivity index (χ4v) is 3.63. The number of aryl methyl sites for hydroxylation is 2. The quantitative estimate of drug-likeness (QED) is 0.267. The fraction of sp³-hybridized carbons (Fsp3) is 0.0800. The SMILES string of the molecule is Cn1cc(NC(=O)O)cc1C(=O)Nc1ccc(-c2cc(C(=O)Nc3ccc(N)cc3)n(C)c2)cc1. The van der Waals surface area contributed by atoms with Gasteiger partial charge < -0.3 is 30.6 Å². The summed E-state index contributed by atoms with van der Waals surface area (Å²) in [6.07, 6.45) is 2.17. The predicted molar refractivity (Wildman–Crippen MR) is 135 cm³/mol. The van der Waals surface area contributed by atoms with Crippen LogP contribution in [0.1, 0.15) is 21.0 Å². The van der Waals surface area contributed by atoms with Gasteiger partial charge in [-0.3, -0.25) is 14.9 Å². The van der Waals surface area contributed by atoms with Gasteiger partial charge in [-0.1, -0.05) is 12.1 Å². The van der Waals surface area contributed by atoms with Gasteiger partial charge in [0.25, 0.3) is 11.8 Å². The zero-order valence-corrected chi connectivity index (χ0v) is 19.1. The highest BCUT2D eigenvalue weighted by atomic mass is 16.4. The lowest BCUT2D eigenvalue weighted by Gasteiger charge is -2.07. The van der Waals surface area contributed by atoms with Gasteiger partial charge >= 0.3 is 6.09 Å². The standard InChI is InChI=1S/C25H24N6O4/c1-30-13-16(11-21(30)23(32)28-19-9-5-17(26)6-10-19)15-3-7-18(8-4-15)27-24(33)22-12-20(14-31(22)2)29-25(34)35/h3-14,29H,26H2,1-2H3,(H,27,33)(H,28,32)(H,34,35). The number of nitrogen functional groups attached to an aromatic ring is 1. The first kappa shape index (κ1) is 23.2. The molecule has 0 saturated carbocycles. The van der Waals surface area contributed by atoms with Crippen molar-refractivity contribution in [2.45, 2.75) is 0 Å². The van der Waals surface area contributed by atoms with Crippen LogP contribution in [-0.2, 0) is 14.1 Å². The van der Waals surface area contributed by atoms with Gasteiger partial charge in [-0.15, -0.1) is 0 Å². The summed E-state index contributed by atoms with van der Waals surface area (Å²) in [6, 6.07) is 17.4. The van der Waals surface area contributed by atoms with E-state index in [1.54, 1.807) is 61.1 Å². The van der Waals surface area contributed by atoms with E-state index in [1.165, 1.54) is 16.8 Å². The zero-order valence-electron chi connectivity index (χ0n) is 19.1. The van der Waals surface area contributed by atoms with E-state index in [-0.39, 0.29) is 11.8 Å². The van der Waals surface area contributed by atoms with Crippen LogP contribution in [-0.4, -0.2) is 32.1 Å². The summed E-state index contributed by atoms with van der Waals surface area (Å²) in [5, 5.41) is 16.7. The maximum atomic E-state index is 12.7. The van der Waals surface area contributed by atoms with Crippen LogP contribution in [0, 0.1) is 0 Å². The highest BCUT2D eigenvalue weighted by Gasteiger charge is 2.15. The number of rotatable bonds is 6. The molecule has 4 rings (SSSR count). The van der Waals surface area contributed by atoms with E-state index in [4.69, 9.17) is 10.8 Å². The fourth-order valence-electron chi connectivity index (χ4n) is 3.63. The van der Waals surface area contributed by atoms with Gasteiger partial charge in [-0.2, -0.15) is 0 Å². The van der Waals surface area contributed by atoms with Crippen LogP contribution in [0.5, 0.6) is 0 Å². The minimum atomic E-state index is -1.20. The molecular weight excluding hydrogens is 448 g/mol. The van der Waals surface area contributed by atoms with Crippen molar-refractivity contribution in [3.63, 3.8) is 0 Å². The molecule has 2 heterocycles. The van der Waals surface area contributed by atoms with Gasteiger partial charge in [0.2, 0.25) is 0 Å². The summed E-state index contributed by atoms with van der Waals surface area (Å²) in [5.41, 5.74) is 10.3. The average molecular weight is 473 g/mol. The van der Waals surface area contributed by atoms with Crippen molar-refractivity contribution in [3.05, 3.63) is 84.4 Å². The monoisotopic (exact) mass is 472 g/mol. The first-order chi connectivity index (χ1) is 16.7.